The first-order chi connectivity index (χ1) is 7.20. The molecule has 0 atom stereocenters. The smallest absolute Gasteiger partial charge is 0.346 e. The van der Waals surface area contributed by atoms with Gasteiger partial charge in [-0.2, -0.15) is 0 Å². The molecular formula is C11H11NO2S. The largest absolute Gasteiger partial charge is 0.465 e. The van der Waals surface area contributed by atoms with E-state index < -0.39 is 0 Å². The van der Waals surface area contributed by atoms with Crippen molar-refractivity contribution in [1.29, 1.82) is 0 Å². The molecule has 0 saturated heterocycles. The van der Waals surface area contributed by atoms with Gasteiger partial charge in [0.05, 0.1) is 12.8 Å². The van der Waals surface area contributed by atoms with Crippen LogP contribution in [0.1, 0.15) is 5.56 Å². The molecule has 2 rings (SSSR count). The Kier molecular flexibility index (Phi) is 2.68. The van der Waals surface area contributed by atoms with Crippen molar-refractivity contribution in [2.75, 3.05) is 12.4 Å². The zero-order valence-corrected chi connectivity index (χ0v) is 9.35. The standard InChI is InChI=1S/C11H11NO2S/c1-7-3-4-8-9(5-7)15-10(6-12-8)11(13)14-2/h3-6,12H,1-2H3. The molecule has 1 aliphatic heterocycles. The number of carbonyl (C=O) groups excluding carboxylic acids is 1. The summed E-state index contributed by atoms with van der Waals surface area (Å²) in [5.41, 5.74) is 2.20. The van der Waals surface area contributed by atoms with E-state index in [2.05, 4.69) is 10.1 Å². The second-order valence-corrected chi connectivity index (χ2v) is 4.33. The van der Waals surface area contributed by atoms with Gasteiger partial charge in [-0.1, -0.05) is 17.8 Å². The van der Waals surface area contributed by atoms with Gasteiger partial charge < -0.3 is 10.1 Å². The monoisotopic (exact) mass is 221 g/mol. The van der Waals surface area contributed by atoms with Gasteiger partial charge in [-0.05, 0) is 24.6 Å². The van der Waals surface area contributed by atoms with Crippen LogP contribution >= 0.6 is 11.8 Å². The van der Waals surface area contributed by atoms with Gasteiger partial charge in [-0.25, -0.2) is 4.79 Å². The third kappa shape index (κ3) is 1.99. The fourth-order valence-corrected chi connectivity index (χ4v) is 2.33. The van der Waals surface area contributed by atoms with E-state index in [1.54, 1.807) is 6.20 Å². The molecule has 0 amide bonds. The van der Waals surface area contributed by atoms with Gasteiger partial charge in [-0.15, -0.1) is 0 Å². The number of nitrogens with one attached hydrogen (secondary N) is 1. The van der Waals surface area contributed by atoms with Gasteiger partial charge in [0.2, 0.25) is 0 Å². The minimum absolute atomic E-state index is 0.306. The predicted octanol–water partition coefficient (Wildman–Crippen LogP) is 2.53. The Morgan fingerprint density at radius 3 is 3.00 bits per heavy atom. The quantitative estimate of drug-likeness (QED) is 0.739. The maximum atomic E-state index is 11.3. The molecule has 1 aromatic rings. The molecule has 1 aromatic carbocycles. The summed E-state index contributed by atoms with van der Waals surface area (Å²) in [5, 5.41) is 3.07. The van der Waals surface area contributed by atoms with Gasteiger partial charge in [-0.3, -0.25) is 0 Å². The van der Waals surface area contributed by atoms with Gasteiger partial charge in [0.15, 0.2) is 0 Å². The van der Waals surface area contributed by atoms with Gasteiger partial charge in [0.1, 0.15) is 4.91 Å². The molecule has 0 fully saturated rings. The van der Waals surface area contributed by atoms with Gasteiger partial charge in [0.25, 0.3) is 0 Å². The molecule has 0 radical (unpaired) electrons. The van der Waals surface area contributed by atoms with E-state index in [4.69, 9.17) is 0 Å². The number of ether oxygens (including phenoxy) is 1. The van der Waals surface area contributed by atoms with Crippen molar-refractivity contribution in [2.24, 2.45) is 0 Å². The minimum atomic E-state index is -0.306. The number of rotatable bonds is 1. The lowest BCUT2D eigenvalue weighted by Gasteiger charge is -2.16. The number of hydrogen-bond donors (Lipinski definition) is 1. The predicted molar refractivity (Wildman–Crippen MR) is 60.8 cm³/mol. The summed E-state index contributed by atoms with van der Waals surface area (Å²) in [5.74, 6) is -0.306. The molecule has 4 heteroatoms. The fourth-order valence-electron chi connectivity index (χ4n) is 1.33. The molecule has 1 heterocycles. The molecule has 1 aliphatic rings. The van der Waals surface area contributed by atoms with Crippen molar-refractivity contribution in [3.63, 3.8) is 0 Å². The molecule has 0 saturated carbocycles. The summed E-state index contributed by atoms with van der Waals surface area (Å²) in [6.45, 7) is 2.02. The van der Waals surface area contributed by atoms with Crippen LogP contribution in [0, 0.1) is 6.92 Å². The van der Waals surface area contributed by atoms with Crippen LogP contribution in [-0.4, -0.2) is 13.1 Å². The molecule has 0 bridgehead atoms. The maximum absolute atomic E-state index is 11.3. The van der Waals surface area contributed by atoms with Crippen LogP contribution in [-0.2, 0) is 9.53 Å². The zero-order chi connectivity index (χ0) is 10.8. The van der Waals surface area contributed by atoms with Crippen molar-refractivity contribution >= 4 is 23.4 Å². The second kappa shape index (κ2) is 3.98. The van der Waals surface area contributed by atoms with E-state index in [0.717, 1.165) is 10.6 Å². The summed E-state index contributed by atoms with van der Waals surface area (Å²) >= 11 is 1.43. The molecule has 0 aromatic heterocycles. The molecule has 78 valence electrons. The van der Waals surface area contributed by atoms with Gasteiger partial charge in [0, 0.05) is 11.1 Å². The summed E-state index contributed by atoms with van der Waals surface area (Å²) in [7, 11) is 1.38. The maximum Gasteiger partial charge on any atom is 0.346 e. The van der Waals surface area contributed by atoms with Crippen molar-refractivity contribution in [2.45, 2.75) is 11.8 Å². The van der Waals surface area contributed by atoms with E-state index in [9.17, 15) is 4.79 Å². The Labute approximate surface area is 92.5 Å². The Morgan fingerprint density at radius 1 is 1.47 bits per heavy atom. The van der Waals surface area contributed by atoms with E-state index in [1.165, 1.54) is 24.4 Å². The van der Waals surface area contributed by atoms with Crippen LogP contribution in [0.2, 0.25) is 0 Å². The normalized spacial score (nSPS) is 13.6. The minimum Gasteiger partial charge on any atom is -0.465 e. The Bertz CT molecular complexity index is 440. The van der Waals surface area contributed by atoms with E-state index in [-0.39, 0.29) is 5.97 Å². The Balaban J connectivity index is 2.28. The van der Waals surface area contributed by atoms with Crippen molar-refractivity contribution in [3.05, 3.63) is 34.9 Å². The lowest BCUT2D eigenvalue weighted by atomic mass is 10.2. The molecule has 1 N–H and O–H groups in total. The molecule has 15 heavy (non-hydrogen) atoms. The van der Waals surface area contributed by atoms with Crippen LogP contribution in [0.15, 0.2) is 34.2 Å². The van der Waals surface area contributed by atoms with Crippen LogP contribution in [0.3, 0.4) is 0 Å². The zero-order valence-electron chi connectivity index (χ0n) is 8.53. The number of thioether (sulfide) groups is 1. The molecule has 0 aliphatic carbocycles. The van der Waals surface area contributed by atoms with Crippen molar-refractivity contribution in [3.8, 4) is 0 Å². The number of aryl methyl sites for hydroxylation is 1. The third-order valence-corrected chi connectivity index (χ3v) is 3.16. The topological polar surface area (TPSA) is 38.3 Å². The highest BCUT2D eigenvalue weighted by atomic mass is 32.2. The number of anilines is 1. The highest BCUT2D eigenvalue weighted by Crippen LogP contribution is 2.37. The second-order valence-electron chi connectivity index (χ2n) is 3.25. The average Bonchev–Trinajstić information content (AvgIpc) is 2.27. The number of hydrogen-bond acceptors (Lipinski definition) is 4. The Hall–Kier alpha value is -1.42. The summed E-state index contributed by atoms with van der Waals surface area (Å²) in [6, 6.07) is 6.08. The highest BCUT2D eigenvalue weighted by molar-refractivity contribution is 8.04. The number of methoxy groups -OCH3 is 1. The lowest BCUT2D eigenvalue weighted by molar-refractivity contribution is -0.135. The molecule has 0 spiro atoms. The first-order valence-corrected chi connectivity index (χ1v) is 5.36. The summed E-state index contributed by atoms with van der Waals surface area (Å²) < 4.78 is 4.67. The van der Waals surface area contributed by atoms with E-state index >= 15 is 0 Å². The van der Waals surface area contributed by atoms with Crippen LogP contribution in [0.25, 0.3) is 0 Å². The molecule has 0 unspecified atom stereocenters. The number of esters is 1. The first kappa shape index (κ1) is 10.1. The summed E-state index contributed by atoms with van der Waals surface area (Å²) in [4.78, 5) is 12.9. The van der Waals surface area contributed by atoms with Gasteiger partial charge >= 0.3 is 5.97 Å². The SMILES string of the molecule is COC(=O)C1=CNc2ccc(C)cc2S1. The lowest BCUT2D eigenvalue weighted by Crippen LogP contribution is -2.08. The number of benzene rings is 1. The summed E-state index contributed by atoms with van der Waals surface area (Å²) in [6.07, 6.45) is 1.67. The van der Waals surface area contributed by atoms with E-state index in [0.29, 0.717) is 4.91 Å². The van der Waals surface area contributed by atoms with E-state index in [1.807, 2.05) is 25.1 Å². The average molecular weight is 221 g/mol. The molecule has 3 nitrogen and oxygen atoms in total. The molecular weight excluding hydrogens is 210 g/mol. The first-order valence-electron chi connectivity index (χ1n) is 4.54. The Morgan fingerprint density at radius 2 is 2.27 bits per heavy atom. The number of fused-ring (bicyclic) bond motifs is 1. The number of carbonyl (C=O) groups is 1. The fraction of sp³-hybridized carbons (Fsp3) is 0.182. The third-order valence-electron chi connectivity index (χ3n) is 2.10. The van der Waals surface area contributed by atoms with Crippen LogP contribution in [0.4, 0.5) is 5.69 Å². The highest BCUT2D eigenvalue weighted by Gasteiger charge is 2.17. The van der Waals surface area contributed by atoms with Crippen molar-refractivity contribution in [1.82, 2.24) is 0 Å². The van der Waals surface area contributed by atoms with Crippen LogP contribution < -0.4 is 5.32 Å². The van der Waals surface area contributed by atoms with Crippen molar-refractivity contribution < 1.29 is 9.53 Å². The van der Waals surface area contributed by atoms with Crippen LogP contribution in [0.5, 0.6) is 0 Å².